The summed E-state index contributed by atoms with van der Waals surface area (Å²) in [5.41, 5.74) is 1.23. The summed E-state index contributed by atoms with van der Waals surface area (Å²) < 4.78 is 7.01. The van der Waals surface area contributed by atoms with Crippen molar-refractivity contribution in [3.05, 3.63) is 12.4 Å². The molecule has 0 aliphatic carbocycles. The van der Waals surface area contributed by atoms with Crippen LogP contribution in [0.2, 0.25) is 0 Å². The van der Waals surface area contributed by atoms with Crippen molar-refractivity contribution in [3.8, 4) is 0 Å². The third-order valence-electron chi connectivity index (χ3n) is 3.30. The Balaban J connectivity index is 2.02. The van der Waals surface area contributed by atoms with Crippen molar-refractivity contribution < 1.29 is 4.74 Å². The van der Waals surface area contributed by atoms with Crippen LogP contribution < -0.4 is 10.2 Å². The van der Waals surface area contributed by atoms with Crippen molar-refractivity contribution in [2.75, 3.05) is 38.3 Å². The highest BCUT2D eigenvalue weighted by Gasteiger charge is 2.21. The van der Waals surface area contributed by atoms with Gasteiger partial charge in [-0.25, -0.2) is 0 Å². The van der Waals surface area contributed by atoms with E-state index in [0.717, 1.165) is 32.6 Å². The van der Waals surface area contributed by atoms with Gasteiger partial charge in [-0.2, -0.15) is 5.10 Å². The predicted molar refractivity (Wildman–Crippen MR) is 68.4 cm³/mol. The fourth-order valence-corrected chi connectivity index (χ4v) is 2.27. The molecule has 1 atom stereocenters. The van der Waals surface area contributed by atoms with Crippen LogP contribution in [0.5, 0.6) is 0 Å². The van der Waals surface area contributed by atoms with Gasteiger partial charge in [0.15, 0.2) is 0 Å². The van der Waals surface area contributed by atoms with Gasteiger partial charge in [0.1, 0.15) is 0 Å². The minimum absolute atomic E-state index is 0.587. The lowest BCUT2D eigenvalue weighted by molar-refractivity contribution is 0.183. The van der Waals surface area contributed by atoms with E-state index in [9.17, 15) is 0 Å². The number of anilines is 1. The summed E-state index contributed by atoms with van der Waals surface area (Å²) in [6.07, 6.45) is 5.24. The summed E-state index contributed by atoms with van der Waals surface area (Å²) in [5.74, 6) is 0. The second kappa shape index (κ2) is 6.02. The fourth-order valence-electron chi connectivity index (χ4n) is 2.27. The number of hydrogen-bond donors (Lipinski definition) is 1. The second-order valence-electron chi connectivity index (χ2n) is 4.41. The van der Waals surface area contributed by atoms with Crippen LogP contribution in [0.3, 0.4) is 0 Å². The average molecular weight is 238 g/mol. The first-order valence-electron chi connectivity index (χ1n) is 6.34. The predicted octanol–water partition coefficient (Wildman–Crippen LogP) is 0.718. The zero-order chi connectivity index (χ0) is 12.1. The molecule has 1 unspecified atom stereocenters. The first kappa shape index (κ1) is 12.4. The van der Waals surface area contributed by atoms with Gasteiger partial charge in [0.2, 0.25) is 0 Å². The number of aromatic nitrogens is 2. The third-order valence-corrected chi connectivity index (χ3v) is 3.30. The molecule has 17 heavy (non-hydrogen) atoms. The van der Waals surface area contributed by atoms with Gasteiger partial charge in [0.05, 0.1) is 25.0 Å². The molecule has 2 heterocycles. The molecule has 0 bridgehead atoms. The van der Waals surface area contributed by atoms with Gasteiger partial charge in [0, 0.05) is 39.0 Å². The molecular formula is C12H22N4O. The Bertz CT molecular complexity index is 339. The van der Waals surface area contributed by atoms with E-state index in [1.165, 1.54) is 5.69 Å². The van der Waals surface area contributed by atoms with Crippen LogP contribution >= 0.6 is 0 Å². The number of methoxy groups -OCH3 is 1. The molecule has 1 N–H and O–H groups in total. The quantitative estimate of drug-likeness (QED) is 0.820. The Hall–Kier alpha value is -1.07. The normalized spacial score (nSPS) is 20.8. The molecule has 5 nitrogen and oxygen atoms in total. The van der Waals surface area contributed by atoms with Gasteiger partial charge in [0.25, 0.3) is 0 Å². The SMILES string of the molecule is CCC1CNCCN1c1cnn(CCOC)c1. The summed E-state index contributed by atoms with van der Waals surface area (Å²) in [5, 5.41) is 7.81. The standard InChI is InChI=1S/C12H22N4O/c1-3-11-8-13-4-5-16(11)12-9-14-15(10-12)6-7-17-2/h9-11,13H,3-8H2,1-2H3. The Labute approximate surface area is 103 Å². The largest absolute Gasteiger partial charge is 0.383 e. The van der Waals surface area contributed by atoms with Crippen LogP contribution in [0.25, 0.3) is 0 Å². The molecule has 96 valence electrons. The molecule has 1 aliphatic heterocycles. The Kier molecular flexibility index (Phi) is 4.39. The lowest BCUT2D eigenvalue weighted by Crippen LogP contribution is -2.51. The first-order chi connectivity index (χ1) is 8.35. The van der Waals surface area contributed by atoms with Crippen molar-refractivity contribution in [2.45, 2.75) is 25.9 Å². The summed E-state index contributed by atoms with van der Waals surface area (Å²) in [6.45, 7) is 6.95. The van der Waals surface area contributed by atoms with Gasteiger partial charge in [-0.1, -0.05) is 6.92 Å². The molecule has 1 aromatic rings. The van der Waals surface area contributed by atoms with Gasteiger partial charge in [-0.3, -0.25) is 4.68 Å². The topological polar surface area (TPSA) is 42.3 Å². The fraction of sp³-hybridized carbons (Fsp3) is 0.750. The molecule has 5 heteroatoms. The second-order valence-corrected chi connectivity index (χ2v) is 4.41. The van der Waals surface area contributed by atoms with E-state index in [-0.39, 0.29) is 0 Å². The van der Waals surface area contributed by atoms with Crippen molar-refractivity contribution >= 4 is 5.69 Å². The van der Waals surface area contributed by atoms with Crippen LogP contribution in [0.4, 0.5) is 5.69 Å². The maximum Gasteiger partial charge on any atom is 0.0755 e. The van der Waals surface area contributed by atoms with Crippen LogP contribution in [0.1, 0.15) is 13.3 Å². The lowest BCUT2D eigenvalue weighted by atomic mass is 10.1. The Morgan fingerprint density at radius 2 is 2.47 bits per heavy atom. The zero-order valence-electron chi connectivity index (χ0n) is 10.7. The monoisotopic (exact) mass is 238 g/mol. The molecule has 0 saturated carbocycles. The number of rotatable bonds is 5. The van der Waals surface area contributed by atoms with Crippen LogP contribution in [-0.2, 0) is 11.3 Å². The van der Waals surface area contributed by atoms with E-state index in [4.69, 9.17) is 4.74 Å². The highest BCUT2D eigenvalue weighted by atomic mass is 16.5. The van der Waals surface area contributed by atoms with E-state index in [0.29, 0.717) is 12.6 Å². The molecule has 0 amide bonds. The molecule has 0 radical (unpaired) electrons. The van der Waals surface area contributed by atoms with Crippen LogP contribution in [-0.4, -0.2) is 49.2 Å². The summed E-state index contributed by atoms with van der Waals surface area (Å²) in [7, 11) is 1.72. The third kappa shape index (κ3) is 2.98. The number of hydrogen-bond acceptors (Lipinski definition) is 4. The van der Waals surface area contributed by atoms with Crippen molar-refractivity contribution in [1.82, 2.24) is 15.1 Å². The molecular weight excluding hydrogens is 216 g/mol. The number of ether oxygens (including phenoxy) is 1. The summed E-state index contributed by atoms with van der Waals surface area (Å²) >= 11 is 0. The smallest absolute Gasteiger partial charge is 0.0755 e. The van der Waals surface area contributed by atoms with Gasteiger partial charge in [-0.05, 0) is 6.42 Å². The zero-order valence-corrected chi connectivity index (χ0v) is 10.7. The Morgan fingerprint density at radius 1 is 1.59 bits per heavy atom. The van der Waals surface area contributed by atoms with Gasteiger partial charge < -0.3 is 15.0 Å². The van der Waals surface area contributed by atoms with Gasteiger partial charge >= 0.3 is 0 Å². The van der Waals surface area contributed by atoms with Crippen molar-refractivity contribution in [1.29, 1.82) is 0 Å². The highest BCUT2D eigenvalue weighted by molar-refractivity contribution is 5.44. The molecule has 1 fully saturated rings. The van der Waals surface area contributed by atoms with E-state index in [1.807, 2.05) is 10.9 Å². The van der Waals surface area contributed by atoms with E-state index >= 15 is 0 Å². The maximum absolute atomic E-state index is 5.06. The van der Waals surface area contributed by atoms with Gasteiger partial charge in [-0.15, -0.1) is 0 Å². The number of nitrogens with zero attached hydrogens (tertiary/aromatic N) is 3. The summed E-state index contributed by atoms with van der Waals surface area (Å²) in [6, 6.07) is 0.587. The van der Waals surface area contributed by atoms with E-state index < -0.39 is 0 Å². The Morgan fingerprint density at radius 3 is 3.24 bits per heavy atom. The van der Waals surface area contributed by atoms with E-state index in [2.05, 4.69) is 28.4 Å². The number of piperazine rings is 1. The number of nitrogens with one attached hydrogen (secondary N) is 1. The molecule has 0 spiro atoms. The highest BCUT2D eigenvalue weighted by Crippen LogP contribution is 2.18. The average Bonchev–Trinajstić information content (AvgIpc) is 2.85. The van der Waals surface area contributed by atoms with Crippen molar-refractivity contribution in [3.63, 3.8) is 0 Å². The minimum Gasteiger partial charge on any atom is -0.383 e. The molecule has 1 aromatic heterocycles. The van der Waals surface area contributed by atoms with Crippen molar-refractivity contribution in [2.24, 2.45) is 0 Å². The molecule has 0 aromatic carbocycles. The molecule has 1 saturated heterocycles. The lowest BCUT2D eigenvalue weighted by Gasteiger charge is -2.36. The van der Waals surface area contributed by atoms with E-state index in [1.54, 1.807) is 7.11 Å². The minimum atomic E-state index is 0.587. The van der Waals surface area contributed by atoms with Crippen LogP contribution in [0, 0.1) is 0 Å². The molecule has 2 rings (SSSR count). The summed E-state index contributed by atoms with van der Waals surface area (Å²) in [4.78, 5) is 2.45. The maximum atomic E-state index is 5.06. The molecule has 1 aliphatic rings. The van der Waals surface area contributed by atoms with Crippen LogP contribution in [0.15, 0.2) is 12.4 Å². The first-order valence-corrected chi connectivity index (χ1v) is 6.34.